The summed E-state index contributed by atoms with van der Waals surface area (Å²) in [6.45, 7) is 1.26. The van der Waals surface area contributed by atoms with Crippen LogP contribution < -0.4 is 32.2 Å². The number of nitrogens with zero attached hydrogens (tertiary/aromatic N) is 3. The normalized spacial score (nSPS) is 18.4. The minimum atomic E-state index is -0.936. The highest BCUT2D eigenvalue weighted by Crippen LogP contribution is 2.40. The van der Waals surface area contributed by atoms with Gasteiger partial charge >= 0.3 is 0 Å². The molecule has 0 fully saturated rings. The molecule has 0 aliphatic carbocycles. The summed E-state index contributed by atoms with van der Waals surface area (Å²) in [5, 5.41) is 11.7. The molecule has 15 heteroatoms. The first kappa shape index (κ1) is 41.6. The van der Waals surface area contributed by atoms with Gasteiger partial charge in [0.05, 0.1) is 18.2 Å². The van der Waals surface area contributed by atoms with Gasteiger partial charge in [0.25, 0.3) is 0 Å². The van der Waals surface area contributed by atoms with Gasteiger partial charge in [-0.15, -0.1) is 0 Å². The van der Waals surface area contributed by atoms with E-state index in [0.717, 1.165) is 38.7 Å². The van der Waals surface area contributed by atoms with Crippen LogP contribution in [0.1, 0.15) is 48.8 Å². The Morgan fingerprint density at radius 1 is 0.877 bits per heavy atom. The lowest BCUT2D eigenvalue weighted by Crippen LogP contribution is -2.57. The van der Waals surface area contributed by atoms with E-state index in [1.807, 2.05) is 66.9 Å². The number of pyridine rings is 2. The molecule has 6 rings (SSSR count). The Morgan fingerprint density at radius 3 is 2.49 bits per heavy atom. The number of ether oxygens (including phenoxy) is 1. The molecule has 0 bridgehead atoms. The molecule has 8 N–H and O–H groups in total. The van der Waals surface area contributed by atoms with E-state index in [1.165, 1.54) is 16.7 Å². The largest absolute Gasteiger partial charge is 0.481 e. The van der Waals surface area contributed by atoms with Gasteiger partial charge in [-0.2, -0.15) is 0 Å². The zero-order chi connectivity index (χ0) is 40.3. The second-order valence-electron chi connectivity index (χ2n) is 14.1. The number of hydrogen-bond donors (Lipinski definition) is 6. The quantitative estimate of drug-likeness (QED) is 0.0995. The Labute approximate surface area is 342 Å². The van der Waals surface area contributed by atoms with Crippen LogP contribution in [0.25, 0.3) is 22.0 Å². The highest BCUT2D eigenvalue weighted by atomic mass is 35.5. The molecular weight excluding hydrogens is 762 g/mol. The number of para-hydroxylation sites is 1. The number of carbonyl (C=O) groups is 3. The summed E-state index contributed by atoms with van der Waals surface area (Å²) >= 11 is 8.52. The van der Waals surface area contributed by atoms with Crippen LogP contribution in [0.15, 0.2) is 89.2 Å². The topological polar surface area (TPSA) is 193 Å². The third kappa shape index (κ3) is 10.3. The van der Waals surface area contributed by atoms with E-state index >= 15 is 0 Å². The smallest absolute Gasteiger partial charge is 0.245 e. The molecule has 2 aromatic carbocycles. The molecule has 0 saturated heterocycles. The number of rotatable bonds is 11. The molecule has 57 heavy (non-hydrogen) atoms. The lowest BCUT2D eigenvalue weighted by atomic mass is 10.0. The SMILES string of the molecule is COc1cc(-c2cc(Cl)c3c(c2)CNC(=O)C(Cc2c[nH]c4ccccc24)N(C)C(=O)C(CCCCN)NC(=O)C(CCCN)NCc2cccnc2S3)ccn1. The first-order valence-electron chi connectivity index (χ1n) is 19.2. The average molecular weight is 812 g/mol. The Morgan fingerprint density at radius 2 is 1.68 bits per heavy atom. The second-order valence-corrected chi connectivity index (χ2v) is 15.5. The number of fused-ring (bicyclic) bond motifs is 3. The van der Waals surface area contributed by atoms with Gasteiger partial charge in [-0.25, -0.2) is 9.97 Å². The minimum Gasteiger partial charge on any atom is -0.481 e. The van der Waals surface area contributed by atoms with Crippen LogP contribution in [-0.4, -0.2) is 82.9 Å². The summed E-state index contributed by atoms with van der Waals surface area (Å²) in [6.07, 6.45) is 8.16. The van der Waals surface area contributed by atoms with E-state index < -0.39 is 18.1 Å². The number of hydrogen-bond acceptors (Lipinski definition) is 10. The van der Waals surface area contributed by atoms with Crippen LogP contribution in [0.2, 0.25) is 5.02 Å². The molecule has 0 spiro atoms. The molecular formula is C42H50ClN9O4S. The number of methoxy groups -OCH3 is 1. The monoisotopic (exact) mass is 811 g/mol. The van der Waals surface area contributed by atoms with E-state index in [2.05, 4.69) is 25.9 Å². The van der Waals surface area contributed by atoms with E-state index in [4.69, 9.17) is 32.8 Å². The summed E-state index contributed by atoms with van der Waals surface area (Å²) < 4.78 is 5.39. The Hall–Kier alpha value is -4.99. The Balaban J connectivity index is 1.45. The fourth-order valence-corrected chi connectivity index (χ4v) is 8.38. The number of nitrogens with one attached hydrogen (secondary N) is 4. The number of aromatic nitrogens is 3. The van der Waals surface area contributed by atoms with Crippen molar-refractivity contribution in [2.24, 2.45) is 11.5 Å². The molecule has 13 nitrogen and oxygen atoms in total. The van der Waals surface area contributed by atoms with Gasteiger partial charge in [0.2, 0.25) is 23.6 Å². The zero-order valence-corrected chi connectivity index (χ0v) is 33.8. The maximum absolute atomic E-state index is 14.6. The highest BCUT2D eigenvalue weighted by molar-refractivity contribution is 7.99. The van der Waals surface area contributed by atoms with Crippen molar-refractivity contribution >= 4 is 52.0 Å². The van der Waals surface area contributed by atoms with E-state index in [0.29, 0.717) is 72.6 Å². The first-order valence-corrected chi connectivity index (χ1v) is 20.4. The number of benzene rings is 2. The summed E-state index contributed by atoms with van der Waals surface area (Å²) in [6, 6.07) is 16.7. The number of unbranched alkanes of at least 4 members (excludes halogenated alkanes) is 1. The second kappa shape index (κ2) is 19.9. The molecule has 1 aliphatic rings. The summed E-state index contributed by atoms with van der Waals surface area (Å²) in [4.78, 5) is 57.7. The minimum absolute atomic E-state index is 0.0988. The first-order chi connectivity index (χ1) is 27.7. The lowest BCUT2D eigenvalue weighted by molar-refractivity contribution is -0.142. The molecule has 0 saturated carbocycles. The van der Waals surface area contributed by atoms with E-state index in [9.17, 15) is 14.4 Å². The zero-order valence-electron chi connectivity index (χ0n) is 32.2. The van der Waals surface area contributed by atoms with Gasteiger partial charge in [0, 0.05) is 67.0 Å². The predicted octanol–water partition coefficient (Wildman–Crippen LogP) is 4.95. The van der Waals surface area contributed by atoms with Gasteiger partial charge in [-0.05, 0) is 103 Å². The average Bonchev–Trinajstić information content (AvgIpc) is 3.64. The molecule has 3 amide bonds. The predicted molar refractivity (Wildman–Crippen MR) is 224 cm³/mol. The van der Waals surface area contributed by atoms with Crippen molar-refractivity contribution in [1.82, 2.24) is 35.8 Å². The molecule has 3 atom stereocenters. The third-order valence-corrected chi connectivity index (χ3v) is 11.9. The molecule has 5 aromatic rings. The maximum Gasteiger partial charge on any atom is 0.245 e. The van der Waals surface area contributed by atoms with Crippen molar-refractivity contribution in [1.29, 1.82) is 0 Å². The molecule has 0 radical (unpaired) electrons. The van der Waals surface area contributed by atoms with Crippen molar-refractivity contribution in [2.75, 3.05) is 27.2 Å². The van der Waals surface area contributed by atoms with Crippen LogP contribution in [0.3, 0.4) is 0 Å². The molecule has 300 valence electrons. The summed E-state index contributed by atoms with van der Waals surface area (Å²) in [5.74, 6) is -0.607. The van der Waals surface area contributed by atoms with Crippen molar-refractivity contribution in [3.63, 3.8) is 0 Å². The van der Waals surface area contributed by atoms with E-state index in [-0.39, 0.29) is 30.7 Å². The van der Waals surface area contributed by atoms with Gasteiger partial charge in [0.15, 0.2) is 0 Å². The number of amides is 3. The maximum atomic E-state index is 14.6. The highest BCUT2D eigenvalue weighted by Gasteiger charge is 2.34. The van der Waals surface area contributed by atoms with Crippen LogP contribution in [0.4, 0.5) is 0 Å². The molecule has 3 aromatic heterocycles. The molecule has 4 heterocycles. The number of nitrogens with two attached hydrogens (primary N) is 2. The van der Waals surface area contributed by atoms with Gasteiger partial charge in [-0.1, -0.05) is 47.6 Å². The molecule has 1 aliphatic heterocycles. The fourth-order valence-electron chi connectivity index (χ4n) is 7.03. The van der Waals surface area contributed by atoms with Crippen LogP contribution >= 0.6 is 23.4 Å². The third-order valence-electron chi connectivity index (χ3n) is 10.2. The Kier molecular flexibility index (Phi) is 14.6. The van der Waals surface area contributed by atoms with Crippen LogP contribution in [0, 0.1) is 0 Å². The van der Waals surface area contributed by atoms with Gasteiger partial charge in [-0.3, -0.25) is 14.4 Å². The van der Waals surface area contributed by atoms with Crippen LogP contribution in [-0.2, 0) is 33.9 Å². The number of H-pyrrole nitrogens is 1. The van der Waals surface area contributed by atoms with Crippen molar-refractivity contribution in [2.45, 2.75) is 79.7 Å². The van der Waals surface area contributed by atoms with Gasteiger partial charge < -0.3 is 42.0 Å². The van der Waals surface area contributed by atoms with Crippen molar-refractivity contribution < 1.29 is 19.1 Å². The lowest BCUT2D eigenvalue weighted by Gasteiger charge is -2.32. The number of likely N-dealkylation sites (N-methyl/N-ethyl adjacent to an activating group) is 1. The van der Waals surface area contributed by atoms with Crippen molar-refractivity contribution in [3.8, 4) is 17.0 Å². The van der Waals surface area contributed by atoms with Gasteiger partial charge in [0.1, 0.15) is 17.1 Å². The number of carbonyl (C=O) groups excluding carboxylic acids is 3. The molecule has 3 unspecified atom stereocenters. The van der Waals surface area contributed by atoms with E-state index in [1.54, 1.807) is 26.6 Å². The number of aromatic amines is 1. The Bertz CT molecular complexity index is 2180. The summed E-state index contributed by atoms with van der Waals surface area (Å²) in [5.41, 5.74) is 16.8. The van der Waals surface area contributed by atoms with Crippen LogP contribution in [0.5, 0.6) is 5.88 Å². The number of halogens is 1. The van der Waals surface area contributed by atoms with Crippen molar-refractivity contribution in [3.05, 3.63) is 101 Å². The summed E-state index contributed by atoms with van der Waals surface area (Å²) in [7, 11) is 3.18. The standard InChI is InChI=1S/C42H50ClN9O4S/c1-52-36(21-29-24-48-33-11-4-3-10-31(29)33)40(54)50-25-30-19-28(26-14-18-46-37(22-26)56-2)20-32(43)38(30)57-41-27(9-8-17-47-41)23-49-34(13-7-16-45)39(53)51-35(42(52)55)12-5-6-15-44/h3-4,8-11,14,17-20,22,24,34-36,48-49H,5-7,12-13,15-16,21,23,25,44-45H2,1-2H3,(H,50,54)(H,51,53). The fraction of sp³-hybridized carbons (Fsp3) is 0.357.